The molecule has 0 saturated heterocycles. The SMILES string of the molecule is COC(=O)C[n+]1ccc(C(=O)OC)cc1. The second kappa shape index (κ2) is 5.09. The highest BCUT2D eigenvalue weighted by molar-refractivity contribution is 5.88. The Morgan fingerprint density at radius 3 is 2.27 bits per heavy atom. The van der Waals surface area contributed by atoms with E-state index >= 15 is 0 Å². The van der Waals surface area contributed by atoms with Crippen LogP contribution in [0.3, 0.4) is 0 Å². The zero-order chi connectivity index (χ0) is 11.3. The van der Waals surface area contributed by atoms with Gasteiger partial charge in [0, 0.05) is 12.1 Å². The fourth-order valence-electron chi connectivity index (χ4n) is 1.03. The van der Waals surface area contributed by atoms with Crippen molar-refractivity contribution >= 4 is 11.9 Å². The lowest BCUT2D eigenvalue weighted by atomic mass is 10.3. The molecule has 0 aliphatic heterocycles. The third-order valence-electron chi connectivity index (χ3n) is 1.85. The molecule has 1 heterocycles. The van der Waals surface area contributed by atoms with Crippen molar-refractivity contribution in [2.75, 3.05) is 14.2 Å². The van der Waals surface area contributed by atoms with Gasteiger partial charge in [-0.25, -0.2) is 9.59 Å². The minimum absolute atomic E-state index is 0.123. The summed E-state index contributed by atoms with van der Waals surface area (Å²) in [7, 11) is 2.64. The summed E-state index contributed by atoms with van der Waals surface area (Å²) < 4.78 is 10.6. The molecule has 0 saturated carbocycles. The number of ether oxygens (including phenoxy) is 2. The Labute approximate surface area is 87.2 Å². The minimum atomic E-state index is -0.403. The van der Waals surface area contributed by atoms with Crippen molar-refractivity contribution in [3.8, 4) is 0 Å². The normalized spacial score (nSPS) is 9.47. The van der Waals surface area contributed by atoms with Crippen LogP contribution in [0.25, 0.3) is 0 Å². The van der Waals surface area contributed by atoms with E-state index in [2.05, 4.69) is 9.47 Å². The van der Waals surface area contributed by atoms with Crippen LogP contribution in [0, 0.1) is 0 Å². The van der Waals surface area contributed by atoms with Crippen LogP contribution in [0.5, 0.6) is 0 Å². The first-order valence-electron chi connectivity index (χ1n) is 4.31. The molecule has 0 atom stereocenters. The van der Waals surface area contributed by atoms with Crippen molar-refractivity contribution in [1.82, 2.24) is 0 Å². The molecule has 0 bridgehead atoms. The maximum Gasteiger partial charge on any atom is 0.372 e. The van der Waals surface area contributed by atoms with E-state index in [1.165, 1.54) is 14.2 Å². The van der Waals surface area contributed by atoms with Gasteiger partial charge in [0.15, 0.2) is 12.4 Å². The molecule has 0 amide bonds. The lowest BCUT2D eigenvalue weighted by Gasteiger charge is -1.98. The molecular weight excluding hydrogens is 198 g/mol. The summed E-state index contributed by atoms with van der Waals surface area (Å²) in [5.41, 5.74) is 0.443. The van der Waals surface area contributed by atoms with Gasteiger partial charge in [0.05, 0.1) is 19.8 Å². The number of carbonyl (C=O) groups excluding carboxylic acids is 2. The zero-order valence-corrected chi connectivity index (χ0v) is 8.60. The molecule has 0 N–H and O–H groups in total. The van der Waals surface area contributed by atoms with Crippen LogP contribution in [0.2, 0.25) is 0 Å². The Morgan fingerprint density at radius 2 is 1.80 bits per heavy atom. The minimum Gasteiger partial charge on any atom is -0.465 e. The molecule has 5 nitrogen and oxygen atoms in total. The van der Waals surface area contributed by atoms with Gasteiger partial charge in [-0.15, -0.1) is 0 Å². The summed E-state index contributed by atoms with van der Waals surface area (Å²) >= 11 is 0. The van der Waals surface area contributed by atoms with Crippen molar-refractivity contribution in [1.29, 1.82) is 0 Å². The molecule has 0 aliphatic carbocycles. The first kappa shape index (κ1) is 11.2. The maximum atomic E-state index is 11.1. The second-order valence-corrected chi connectivity index (χ2v) is 2.83. The van der Waals surface area contributed by atoms with E-state index in [0.717, 1.165) is 0 Å². The van der Waals surface area contributed by atoms with Gasteiger partial charge in [0.1, 0.15) is 0 Å². The van der Waals surface area contributed by atoms with Gasteiger partial charge in [0.25, 0.3) is 0 Å². The highest BCUT2D eigenvalue weighted by Gasteiger charge is 2.11. The number of pyridine rings is 1. The van der Waals surface area contributed by atoms with Gasteiger partial charge in [-0.3, -0.25) is 0 Å². The van der Waals surface area contributed by atoms with E-state index in [0.29, 0.717) is 5.56 Å². The highest BCUT2D eigenvalue weighted by atomic mass is 16.5. The monoisotopic (exact) mass is 210 g/mol. The Kier molecular flexibility index (Phi) is 3.79. The van der Waals surface area contributed by atoms with Crippen LogP contribution in [0.4, 0.5) is 0 Å². The largest absolute Gasteiger partial charge is 0.465 e. The lowest BCUT2D eigenvalue weighted by Crippen LogP contribution is -2.37. The molecule has 0 fully saturated rings. The number of esters is 2. The first-order chi connectivity index (χ1) is 7.17. The number of methoxy groups -OCH3 is 2. The summed E-state index contributed by atoms with van der Waals surface area (Å²) in [6, 6.07) is 3.16. The van der Waals surface area contributed by atoms with Crippen LogP contribution in [0.1, 0.15) is 10.4 Å². The quantitative estimate of drug-likeness (QED) is 0.518. The van der Waals surface area contributed by atoms with Crippen LogP contribution in [0.15, 0.2) is 24.5 Å². The van der Waals surface area contributed by atoms with E-state index in [9.17, 15) is 9.59 Å². The molecule has 1 rings (SSSR count). The predicted molar refractivity (Wildman–Crippen MR) is 50.0 cm³/mol. The van der Waals surface area contributed by atoms with Gasteiger partial charge < -0.3 is 9.47 Å². The predicted octanol–water partition coefficient (Wildman–Crippen LogP) is -0.0663. The Morgan fingerprint density at radius 1 is 1.20 bits per heavy atom. The van der Waals surface area contributed by atoms with E-state index in [1.54, 1.807) is 29.1 Å². The molecule has 0 unspecified atom stereocenters. The Bertz CT molecular complexity index is 358. The first-order valence-corrected chi connectivity index (χ1v) is 4.31. The van der Waals surface area contributed by atoms with Crippen molar-refractivity contribution in [2.24, 2.45) is 0 Å². The Balaban J connectivity index is 2.72. The standard InChI is InChI=1S/C10H12NO4/c1-14-9(12)7-11-5-3-8(4-6-11)10(13)15-2/h3-6H,7H2,1-2H3/q+1. The second-order valence-electron chi connectivity index (χ2n) is 2.83. The fraction of sp³-hybridized carbons (Fsp3) is 0.300. The zero-order valence-electron chi connectivity index (χ0n) is 8.60. The third-order valence-corrected chi connectivity index (χ3v) is 1.85. The number of hydrogen-bond acceptors (Lipinski definition) is 4. The van der Waals surface area contributed by atoms with Crippen LogP contribution < -0.4 is 4.57 Å². The fourth-order valence-corrected chi connectivity index (χ4v) is 1.03. The molecule has 0 aliphatic rings. The van der Waals surface area contributed by atoms with Crippen LogP contribution >= 0.6 is 0 Å². The average Bonchev–Trinajstić information content (AvgIpc) is 2.29. The molecular formula is C10H12NO4+. The van der Waals surface area contributed by atoms with Crippen molar-refractivity contribution in [3.05, 3.63) is 30.1 Å². The smallest absolute Gasteiger partial charge is 0.372 e. The van der Waals surface area contributed by atoms with Crippen molar-refractivity contribution in [3.63, 3.8) is 0 Å². The molecule has 1 aromatic heterocycles. The number of nitrogens with zero attached hydrogens (tertiary/aromatic N) is 1. The maximum absolute atomic E-state index is 11.1. The summed E-state index contributed by atoms with van der Waals surface area (Å²) in [5, 5.41) is 0. The lowest BCUT2D eigenvalue weighted by molar-refractivity contribution is -0.685. The number of aromatic nitrogens is 1. The molecule has 0 radical (unpaired) electrons. The number of carbonyl (C=O) groups is 2. The van der Waals surface area contributed by atoms with Crippen LogP contribution in [-0.2, 0) is 20.8 Å². The van der Waals surface area contributed by atoms with Gasteiger partial charge in [-0.1, -0.05) is 0 Å². The van der Waals surface area contributed by atoms with Gasteiger partial charge in [-0.05, 0) is 0 Å². The summed E-state index contributed by atoms with van der Waals surface area (Å²) in [4.78, 5) is 22.0. The topological polar surface area (TPSA) is 56.5 Å². The van der Waals surface area contributed by atoms with Gasteiger partial charge in [0.2, 0.25) is 6.54 Å². The van der Waals surface area contributed by atoms with E-state index in [4.69, 9.17) is 0 Å². The molecule has 15 heavy (non-hydrogen) atoms. The van der Waals surface area contributed by atoms with E-state index in [-0.39, 0.29) is 12.5 Å². The van der Waals surface area contributed by atoms with Crippen LogP contribution in [-0.4, -0.2) is 26.2 Å². The van der Waals surface area contributed by atoms with Gasteiger partial charge >= 0.3 is 11.9 Å². The summed E-state index contributed by atoms with van der Waals surface area (Å²) in [6.45, 7) is 0.123. The highest BCUT2D eigenvalue weighted by Crippen LogP contribution is 1.96. The average molecular weight is 210 g/mol. The molecule has 5 heteroatoms. The third kappa shape index (κ3) is 3.05. The summed E-state index contributed by atoms with van der Waals surface area (Å²) in [6.07, 6.45) is 3.23. The Hall–Kier alpha value is -1.91. The molecule has 80 valence electrons. The number of rotatable bonds is 3. The number of hydrogen-bond donors (Lipinski definition) is 0. The van der Waals surface area contributed by atoms with Crippen molar-refractivity contribution in [2.45, 2.75) is 6.54 Å². The molecule has 0 spiro atoms. The molecule has 1 aromatic rings. The summed E-state index contributed by atoms with van der Waals surface area (Å²) in [5.74, 6) is -0.744. The van der Waals surface area contributed by atoms with E-state index < -0.39 is 5.97 Å². The molecule has 0 aromatic carbocycles. The van der Waals surface area contributed by atoms with Crippen molar-refractivity contribution < 1.29 is 23.6 Å². The van der Waals surface area contributed by atoms with E-state index in [1.807, 2.05) is 0 Å². The van der Waals surface area contributed by atoms with Gasteiger partial charge in [-0.2, -0.15) is 4.57 Å².